The molecule has 0 fully saturated rings. The molecule has 0 heterocycles. The van der Waals surface area contributed by atoms with Gasteiger partial charge in [0, 0.05) is 18.3 Å². The van der Waals surface area contributed by atoms with Crippen LogP contribution in [0.1, 0.15) is 117 Å². The number of ether oxygens (including phenoxy) is 2. The van der Waals surface area contributed by atoms with Crippen molar-refractivity contribution < 1.29 is 29.0 Å². The number of fused-ring (bicyclic) bond motifs is 6. The molecule has 1 atom stereocenters. The molecule has 1 N–H and O–H groups in total. The topological polar surface area (TPSA) is 89.9 Å². The van der Waals surface area contributed by atoms with Gasteiger partial charge in [-0.1, -0.05) is 125 Å². The number of esters is 2. The highest BCUT2D eigenvalue weighted by molar-refractivity contribution is 5.82. The molecule has 53 heavy (non-hydrogen) atoms. The van der Waals surface area contributed by atoms with Crippen LogP contribution in [0.2, 0.25) is 0 Å². The monoisotopic (exact) mass is 718 g/mol. The summed E-state index contributed by atoms with van der Waals surface area (Å²) >= 11 is 0. The molecule has 0 spiro atoms. The lowest BCUT2D eigenvalue weighted by Gasteiger charge is -2.33. The minimum atomic E-state index is -0.720. The maximum absolute atomic E-state index is 12.6. The van der Waals surface area contributed by atoms with Crippen molar-refractivity contribution in [2.24, 2.45) is 11.3 Å². The van der Waals surface area contributed by atoms with E-state index in [-0.39, 0.29) is 36.1 Å². The minimum absolute atomic E-state index is 0.119. The molecule has 0 saturated heterocycles. The van der Waals surface area contributed by atoms with Crippen LogP contribution in [0.5, 0.6) is 0 Å². The number of aliphatic carboxylic acids is 1. The molecule has 2 aliphatic rings. The van der Waals surface area contributed by atoms with Gasteiger partial charge in [-0.2, -0.15) is 0 Å². The number of carbonyl (C=O) groups excluding carboxylic acids is 2. The average molecular weight is 719 g/mol. The predicted octanol–water partition coefficient (Wildman–Crippen LogP) is 11.2. The Morgan fingerprint density at radius 2 is 0.925 bits per heavy atom. The van der Waals surface area contributed by atoms with Crippen LogP contribution in [0.15, 0.2) is 97.1 Å². The van der Waals surface area contributed by atoms with Crippen LogP contribution in [-0.2, 0) is 35.7 Å². The Labute approximate surface area is 317 Å². The number of carboxylic acids is 1. The summed E-state index contributed by atoms with van der Waals surface area (Å²) in [6.45, 7) is 18.8. The zero-order valence-electron chi connectivity index (χ0n) is 33.3. The van der Waals surface area contributed by atoms with Crippen LogP contribution < -0.4 is 0 Å². The van der Waals surface area contributed by atoms with Crippen molar-refractivity contribution in [1.82, 2.24) is 0 Å². The van der Waals surface area contributed by atoms with Gasteiger partial charge in [0.25, 0.3) is 0 Å². The predicted molar refractivity (Wildman–Crippen MR) is 214 cm³/mol. The Morgan fingerprint density at radius 1 is 0.585 bits per heavy atom. The van der Waals surface area contributed by atoms with E-state index >= 15 is 0 Å². The van der Waals surface area contributed by atoms with E-state index in [2.05, 4.69) is 72.8 Å². The van der Waals surface area contributed by atoms with Gasteiger partial charge in [-0.3, -0.25) is 14.4 Å². The summed E-state index contributed by atoms with van der Waals surface area (Å²) in [5.41, 5.74) is 8.85. The molecule has 6 heteroatoms. The van der Waals surface area contributed by atoms with Crippen LogP contribution in [0, 0.1) is 11.3 Å². The highest BCUT2D eigenvalue weighted by Gasteiger charge is 2.43. The molecule has 0 bridgehead atoms. The second kappa shape index (κ2) is 16.5. The molecule has 0 amide bonds. The third-order valence-electron chi connectivity index (χ3n) is 9.90. The van der Waals surface area contributed by atoms with Crippen LogP contribution in [0.3, 0.4) is 0 Å². The molecule has 2 aliphatic carbocycles. The van der Waals surface area contributed by atoms with E-state index in [1.807, 2.05) is 86.6 Å². The quantitative estimate of drug-likeness (QED) is 0.169. The summed E-state index contributed by atoms with van der Waals surface area (Å²) in [5, 5.41) is 8.52. The van der Waals surface area contributed by atoms with E-state index in [1.54, 1.807) is 6.92 Å². The molecule has 0 saturated carbocycles. The lowest BCUT2D eigenvalue weighted by molar-refractivity contribution is -0.155. The van der Waals surface area contributed by atoms with Crippen LogP contribution in [0.25, 0.3) is 22.3 Å². The van der Waals surface area contributed by atoms with Crippen LogP contribution in [0.4, 0.5) is 0 Å². The fourth-order valence-electron chi connectivity index (χ4n) is 6.95. The largest absolute Gasteiger partial charge is 0.481 e. The molecular formula is C47H58O6. The van der Waals surface area contributed by atoms with Crippen LogP contribution >= 0.6 is 0 Å². The van der Waals surface area contributed by atoms with Crippen LogP contribution in [-0.4, -0.2) is 34.2 Å². The third kappa shape index (κ3) is 10.7. The number of carbonyl (C=O) groups is 3. The van der Waals surface area contributed by atoms with Gasteiger partial charge in [0.2, 0.25) is 0 Å². The van der Waals surface area contributed by atoms with E-state index in [0.717, 1.165) is 6.42 Å². The zero-order valence-corrected chi connectivity index (χ0v) is 33.3. The highest BCUT2D eigenvalue weighted by atomic mass is 16.6. The molecule has 1 unspecified atom stereocenters. The van der Waals surface area contributed by atoms with Gasteiger partial charge in [0.05, 0.1) is 5.92 Å². The fraction of sp³-hybridized carbons (Fsp3) is 0.426. The van der Waals surface area contributed by atoms with Crippen molar-refractivity contribution >= 4 is 17.9 Å². The highest BCUT2D eigenvalue weighted by Crippen LogP contribution is 2.53. The van der Waals surface area contributed by atoms with Crippen molar-refractivity contribution in [2.75, 3.05) is 0 Å². The SMILES string of the molecule is CC(C(=O)O)C(C)(C)C.CC(C)(C)OC(=O)CCC1(CCC(=O)OC(C)(C)C)c2ccccc2-c2ccccc21.c1ccc2c(c1)Cc1ccccc1-2. The number of hydrogen-bond donors (Lipinski definition) is 1. The molecule has 282 valence electrons. The summed E-state index contributed by atoms with van der Waals surface area (Å²) in [6, 6.07) is 33.9. The second-order valence-electron chi connectivity index (χ2n) is 17.3. The summed E-state index contributed by atoms with van der Waals surface area (Å²) in [7, 11) is 0. The number of benzene rings is 4. The van der Waals surface area contributed by atoms with Gasteiger partial charge in [-0.05, 0) is 111 Å². The molecule has 4 aromatic carbocycles. The standard InChI is InChI=1S/C27H34O4.C13H10.C7H14O2/c1-25(2,3)30-23(28)15-17-27(18-16-24(29)31-26(4,5)6)21-13-9-7-11-19(21)20-12-8-10-14-22(20)27;1-3-7-12-10(5-1)9-11-6-2-4-8-13(11)12;1-5(6(8)9)7(2,3)4/h7-14H,15-18H2,1-6H3;1-8H,9H2;5H,1-4H3,(H,8,9). The maximum atomic E-state index is 12.6. The van der Waals surface area contributed by atoms with E-state index in [4.69, 9.17) is 14.6 Å². The summed E-state index contributed by atoms with van der Waals surface area (Å²) in [5.74, 6) is -1.42. The summed E-state index contributed by atoms with van der Waals surface area (Å²) in [6.07, 6.45) is 2.84. The second-order valence-corrected chi connectivity index (χ2v) is 17.3. The van der Waals surface area contributed by atoms with Gasteiger partial charge < -0.3 is 14.6 Å². The zero-order chi connectivity index (χ0) is 39.2. The normalized spacial score (nSPS) is 14.1. The van der Waals surface area contributed by atoms with Gasteiger partial charge in [-0.25, -0.2) is 0 Å². The van der Waals surface area contributed by atoms with E-state index in [9.17, 15) is 14.4 Å². The van der Waals surface area contributed by atoms with Gasteiger partial charge in [-0.15, -0.1) is 0 Å². The Hall–Kier alpha value is -4.71. The maximum Gasteiger partial charge on any atom is 0.306 e. The van der Waals surface area contributed by atoms with Crippen molar-refractivity contribution in [3.8, 4) is 22.3 Å². The van der Waals surface area contributed by atoms with Crippen molar-refractivity contribution in [1.29, 1.82) is 0 Å². The Kier molecular flexibility index (Phi) is 12.8. The smallest absolute Gasteiger partial charge is 0.306 e. The van der Waals surface area contributed by atoms with Crippen molar-refractivity contribution in [3.63, 3.8) is 0 Å². The molecule has 0 radical (unpaired) electrons. The fourth-order valence-corrected chi connectivity index (χ4v) is 6.95. The van der Waals surface area contributed by atoms with Crippen molar-refractivity contribution in [3.05, 3.63) is 119 Å². The van der Waals surface area contributed by atoms with E-state index < -0.39 is 22.6 Å². The van der Waals surface area contributed by atoms with Gasteiger partial charge >= 0.3 is 17.9 Å². The first-order valence-electron chi connectivity index (χ1n) is 18.7. The molecule has 0 aliphatic heterocycles. The van der Waals surface area contributed by atoms with Gasteiger partial charge in [0.15, 0.2) is 0 Å². The molecule has 6 nitrogen and oxygen atoms in total. The van der Waals surface area contributed by atoms with E-state index in [0.29, 0.717) is 12.8 Å². The lowest BCUT2D eigenvalue weighted by atomic mass is 9.71. The lowest BCUT2D eigenvalue weighted by Crippen LogP contribution is -2.31. The number of rotatable bonds is 7. The first kappa shape index (κ1) is 41.1. The summed E-state index contributed by atoms with van der Waals surface area (Å²) < 4.78 is 11.2. The number of carboxylic acid groups (broad SMARTS) is 1. The van der Waals surface area contributed by atoms with E-state index in [1.165, 1.54) is 44.5 Å². The Morgan fingerprint density at radius 3 is 1.25 bits per heavy atom. The Balaban J connectivity index is 0.000000230. The molecule has 4 aromatic rings. The minimum Gasteiger partial charge on any atom is -0.481 e. The Bertz CT molecular complexity index is 1780. The van der Waals surface area contributed by atoms with Gasteiger partial charge in [0.1, 0.15) is 11.2 Å². The molecular weight excluding hydrogens is 661 g/mol. The molecule has 6 rings (SSSR count). The number of hydrogen-bond acceptors (Lipinski definition) is 5. The molecule has 0 aromatic heterocycles. The van der Waals surface area contributed by atoms with Crippen molar-refractivity contribution in [2.45, 2.75) is 118 Å². The first-order valence-corrected chi connectivity index (χ1v) is 18.7. The average Bonchev–Trinajstić information content (AvgIpc) is 3.59. The third-order valence-corrected chi connectivity index (χ3v) is 9.90. The summed E-state index contributed by atoms with van der Waals surface area (Å²) in [4.78, 5) is 35.5. The first-order chi connectivity index (χ1) is 24.7.